The van der Waals surface area contributed by atoms with Gasteiger partial charge in [-0.2, -0.15) is 0 Å². The highest BCUT2D eigenvalue weighted by Gasteiger charge is 2.09. The van der Waals surface area contributed by atoms with Crippen molar-refractivity contribution in [3.8, 4) is 11.3 Å². The zero-order chi connectivity index (χ0) is 23.6. The number of rotatable bonds is 11. The number of nitrogen functional groups attached to an aromatic ring is 1. The van der Waals surface area contributed by atoms with Gasteiger partial charge in [-0.1, -0.05) is 18.2 Å². The van der Waals surface area contributed by atoms with Gasteiger partial charge in [0.05, 0.1) is 19.1 Å². The maximum atomic E-state index is 12.5. The van der Waals surface area contributed by atoms with Crippen LogP contribution < -0.4 is 16.6 Å². The molecule has 0 radical (unpaired) electrons. The molecule has 9 heteroatoms. The van der Waals surface area contributed by atoms with Crippen LogP contribution in [0.3, 0.4) is 0 Å². The van der Waals surface area contributed by atoms with Gasteiger partial charge in [-0.3, -0.25) is 19.0 Å². The molecule has 0 aliphatic heterocycles. The molecule has 9 nitrogen and oxygen atoms in total. The average Bonchev–Trinajstić information content (AvgIpc) is 3.34. The molecule has 2 aromatic heterocycles. The summed E-state index contributed by atoms with van der Waals surface area (Å²) >= 11 is 0. The molecule has 3 aromatic rings. The number of carbonyl (C=O) groups excluding carboxylic acids is 2. The fourth-order valence-corrected chi connectivity index (χ4v) is 3.41. The first kappa shape index (κ1) is 23.8. The Hall–Kier alpha value is -3.88. The second-order valence-electron chi connectivity index (χ2n) is 7.55. The van der Waals surface area contributed by atoms with E-state index >= 15 is 0 Å². The summed E-state index contributed by atoms with van der Waals surface area (Å²) < 4.78 is 11.3. The van der Waals surface area contributed by atoms with E-state index in [0.717, 1.165) is 16.9 Å². The van der Waals surface area contributed by atoms with Crippen LogP contribution in [0.2, 0.25) is 0 Å². The molecule has 0 fully saturated rings. The Balaban J connectivity index is 1.51. The molecule has 2 heterocycles. The summed E-state index contributed by atoms with van der Waals surface area (Å²) in [6.45, 7) is 0.452. The van der Waals surface area contributed by atoms with E-state index < -0.39 is 0 Å². The topological polar surface area (TPSA) is 129 Å². The van der Waals surface area contributed by atoms with Crippen LogP contribution in [0.1, 0.15) is 30.5 Å². The Morgan fingerprint density at radius 1 is 1.15 bits per heavy atom. The minimum atomic E-state index is -0.349. The first-order valence-electron chi connectivity index (χ1n) is 10.8. The highest BCUT2D eigenvalue weighted by atomic mass is 16.5. The molecule has 0 unspecified atom stereocenters. The van der Waals surface area contributed by atoms with Crippen molar-refractivity contribution in [2.24, 2.45) is 0 Å². The average molecular weight is 453 g/mol. The molecule has 0 atom stereocenters. The fourth-order valence-electron chi connectivity index (χ4n) is 3.41. The molecule has 0 bridgehead atoms. The van der Waals surface area contributed by atoms with Crippen molar-refractivity contribution in [1.82, 2.24) is 14.9 Å². The van der Waals surface area contributed by atoms with Gasteiger partial charge in [0.15, 0.2) is 0 Å². The predicted octanol–water partition coefficient (Wildman–Crippen LogP) is 2.33. The number of nitrogens with two attached hydrogens (primary N) is 1. The quantitative estimate of drug-likeness (QED) is 0.427. The summed E-state index contributed by atoms with van der Waals surface area (Å²) in [4.78, 5) is 39.8. The lowest BCUT2D eigenvalue weighted by molar-refractivity contribution is -0.140. The third-order valence-electron chi connectivity index (χ3n) is 5.16. The molecule has 174 valence electrons. The molecular formula is C24H28N4O5. The second kappa shape index (κ2) is 11.7. The Labute approximate surface area is 191 Å². The number of aromatic nitrogens is 2. The minimum absolute atomic E-state index is 0.113. The van der Waals surface area contributed by atoms with E-state index in [1.165, 1.54) is 17.7 Å². The maximum absolute atomic E-state index is 12.5. The molecule has 3 N–H and O–H groups in total. The van der Waals surface area contributed by atoms with Crippen LogP contribution in [0.25, 0.3) is 11.3 Å². The van der Waals surface area contributed by atoms with Gasteiger partial charge in [-0.25, -0.2) is 4.98 Å². The van der Waals surface area contributed by atoms with Crippen molar-refractivity contribution in [1.29, 1.82) is 0 Å². The van der Waals surface area contributed by atoms with Crippen LogP contribution in [0.15, 0.2) is 57.9 Å². The lowest BCUT2D eigenvalue weighted by Crippen LogP contribution is -2.32. The van der Waals surface area contributed by atoms with Crippen molar-refractivity contribution in [2.75, 3.05) is 19.4 Å². The third-order valence-corrected chi connectivity index (χ3v) is 5.16. The number of esters is 1. The van der Waals surface area contributed by atoms with E-state index in [4.69, 9.17) is 10.2 Å². The molecule has 3 rings (SSSR count). The van der Waals surface area contributed by atoms with Crippen LogP contribution >= 0.6 is 0 Å². The molecule has 33 heavy (non-hydrogen) atoms. The van der Waals surface area contributed by atoms with Crippen LogP contribution in [-0.4, -0.2) is 35.1 Å². The van der Waals surface area contributed by atoms with Crippen LogP contribution in [0.5, 0.6) is 0 Å². The summed E-state index contributed by atoms with van der Waals surface area (Å²) in [6.07, 6.45) is 3.71. The zero-order valence-corrected chi connectivity index (χ0v) is 18.6. The highest BCUT2D eigenvalue weighted by molar-refractivity contribution is 5.76. The van der Waals surface area contributed by atoms with E-state index in [0.29, 0.717) is 25.0 Å². The number of methoxy groups -OCH3 is 1. The van der Waals surface area contributed by atoms with Crippen molar-refractivity contribution >= 4 is 17.8 Å². The van der Waals surface area contributed by atoms with Crippen molar-refractivity contribution in [3.05, 3.63) is 70.3 Å². The van der Waals surface area contributed by atoms with Gasteiger partial charge in [0, 0.05) is 37.6 Å². The number of benzene rings is 1. The number of nitrogens with zero attached hydrogens (tertiary/aromatic N) is 2. The van der Waals surface area contributed by atoms with Gasteiger partial charge in [-0.15, -0.1) is 0 Å². The fraction of sp³-hybridized carbons (Fsp3) is 0.333. The van der Waals surface area contributed by atoms with Gasteiger partial charge < -0.3 is 20.2 Å². The monoisotopic (exact) mass is 452 g/mol. The van der Waals surface area contributed by atoms with Crippen LogP contribution in [0.4, 0.5) is 5.95 Å². The molecule has 0 saturated carbocycles. The molecular weight excluding hydrogens is 424 g/mol. The number of hydrogen-bond acceptors (Lipinski definition) is 7. The summed E-state index contributed by atoms with van der Waals surface area (Å²) in [7, 11) is 1.31. The van der Waals surface area contributed by atoms with Gasteiger partial charge in [0.2, 0.25) is 11.9 Å². The number of nitrogens with one attached hydrogen (secondary N) is 1. The molecule has 0 aliphatic rings. The van der Waals surface area contributed by atoms with E-state index in [1.807, 2.05) is 30.3 Å². The molecule has 0 aliphatic carbocycles. The molecule has 1 amide bonds. The highest BCUT2D eigenvalue weighted by Crippen LogP contribution is 2.21. The van der Waals surface area contributed by atoms with Crippen molar-refractivity contribution < 1.29 is 18.7 Å². The molecule has 0 spiro atoms. The number of furan rings is 1. The SMILES string of the molecule is COC(=O)CCCC(=O)NCCn1c(N)nc(CCc2cccc(-c3ccco3)c2)cc1=O. The first-order valence-corrected chi connectivity index (χ1v) is 10.8. The van der Waals surface area contributed by atoms with E-state index in [2.05, 4.69) is 21.1 Å². The Bertz CT molecular complexity index is 1140. The van der Waals surface area contributed by atoms with Crippen molar-refractivity contribution in [3.63, 3.8) is 0 Å². The molecule has 0 saturated heterocycles. The third kappa shape index (κ3) is 7.06. The number of hydrogen-bond donors (Lipinski definition) is 2. The predicted molar refractivity (Wildman–Crippen MR) is 123 cm³/mol. The smallest absolute Gasteiger partial charge is 0.305 e. The van der Waals surface area contributed by atoms with Gasteiger partial charge in [0.25, 0.3) is 5.56 Å². The largest absolute Gasteiger partial charge is 0.469 e. The lowest BCUT2D eigenvalue weighted by Gasteiger charge is -2.11. The van der Waals surface area contributed by atoms with Crippen LogP contribution in [0, 0.1) is 0 Å². The number of amides is 1. The second-order valence-corrected chi connectivity index (χ2v) is 7.55. The Morgan fingerprint density at radius 2 is 2.00 bits per heavy atom. The van der Waals surface area contributed by atoms with Crippen molar-refractivity contribution in [2.45, 2.75) is 38.6 Å². The van der Waals surface area contributed by atoms with E-state index in [1.54, 1.807) is 6.26 Å². The van der Waals surface area contributed by atoms with E-state index in [-0.39, 0.29) is 49.3 Å². The van der Waals surface area contributed by atoms with Gasteiger partial charge in [0.1, 0.15) is 5.76 Å². The standard InChI is InChI=1S/C24H28N4O5/c1-32-23(31)9-3-8-21(29)26-12-13-28-22(30)16-19(27-24(28)25)11-10-17-5-2-6-18(15-17)20-7-4-14-33-20/h2,4-7,14-16H,3,8-13H2,1H3,(H2,25,27)(H,26,29). The number of ether oxygens (including phenoxy) is 1. The Morgan fingerprint density at radius 3 is 2.73 bits per heavy atom. The van der Waals surface area contributed by atoms with Crippen LogP contribution in [-0.2, 0) is 33.7 Å². The Kier molecular flexibility index (Phi) is 8.40. The summed E-state index contributed by atoms with van der Waals surface area (Å²) in [5, 5.41) is 2.71. The summed E-state index contributed by atoms with van der Waals surface area (Å²) in [5.74, 6) is 0.365. The first-order chi connectivity index (χ1) is 16.0. The maximum Gasteiger partial charge on any atom is 0.305 e. The zero-order valence-electron chi connectivity index (χ0n) is 18.6. The van der Waals surface area contributed by atoms with E-state index in [9.17, 15) is 14.4 Å². The number of anilines is 1. The number of carbonyl (C=O) groups is 2. The minimum Gasteiger partial charge on any atom is -0.469 e. The summed E-state index contributed by atoms with van der Waals surface area (Å²) in [5.41, 5.74) is 8.45. The molecule has 1 aromatic carbocycles. The lowest BCUT2D eigenvalue weighted by atomic mass is 10.0. The summed E-state index contributed by atoms with van der Waals surface area (Å²) in [6, 6.07) is 13.3. The normalized spacial score (nSPS) is 10.7. The van der Waals surface area contributed by atoms with Gasteiger partial charge in [-0.05, 0) is 43.0 Å². The number of aryl methyl sites for hydroxylation is 2. The van der Waals surface area contributed by atoms with Gasteiger partial charge >= 0.3 is 5.97 Å².